The lowest BCUT2D eigenvalue weighted by Gasteiger charge is -2.14. The Bertz CT molecular complexity index is 349. The van der Waals surface area contributed by atoms with Crippen LogP contribution in [0, 0.1) is 5.92 Å². The van der Waals surface area contributed by atoms with Gasteiger partial charge >= 0.3 is 0 Å². The Balaban J connectivity index is 2.23. The van der Waals surface area contributed by atoms with E-state index in [4.69, 9.17) is 16.3 Å². The van der Waals surface area contributed by atoms with Crippen molar-refractivity contribution >= 4 is 27.5 Å². The maximum absolute atomic E-state index is 6.02. The average molecular weight is 290 g/mol. The summed E-state index contributed by atoms with van der Waals surface area (Å²) in [5.41, 5.74) is 1.32. The molecule has 0 aliphatic heterocycles. The van der Waals surface area contributed by atoms with Crippen LogP contribution in [0.15, 0.2) is 22.7 Å². The zero-order chi connectivity index (χ0) is 10.8. The molecule has 15 heavy (non-hydrogen) atoms. The van der Waals surface area contributed by atoms with Crippen LogP contribution in [0.1, 0.15) is 24.3 Å². The Labute approximate surface area is 104 Å². The standard InChI is InChI=1S/C12H14BrClO/c1-15-12-5-4-9(6-11(12)13)10(7-14)8-2-3-8/h4-6,8,10H,2-3,7H2,1H3. The van der Waals surface area contributed by atoms with E-state index in [1.54, 1.807) is 7.11 Å². The molecule has 1 aromatic carbocycles. The third kappa shape index (κ3) is 2.48. The molecule has 0 N–H and O–H groups in total. The average Bonchev–Trinajstić information content (AvgIpc) is 3.03. The van der Waals surface area contributed by atoms with Gasteiger partial charge in [-0.15, -0.1) is 11.6 Å². The normalized spacial score (nSPS) is 17.5. The Morgan fingerprint density at radius 2 is 2.27 bits per heavy atom. The third-order valence-electron chi connectivity index (χ3n) is 2.96. The van der Waals surface area contributed by atoms with Gasteiger partial charge in [-0.1, -0.05) is 6.07 Å². The van der Waals surface area contributed by atoms with Gasteiger partial charge in [-0.2, -0.15) is 0 Å². The third-order valence-corrected chi connectivity index (χ3v) is 3.91. The molecule has 0 saturated heterocycles. The van der Waals surface area contributed by atoms with Gasteiger partial charge in [-0.05, 0) is 52.4 Å². The van der Waals surface area contributed by atoms with E-state index in [2.05, 4.69) is 28.1 Å². The summed E-state index contributed by atoms with van der Waals surface area (Å²) in [6, 6.07) is 6.25. The molecule has 82 valence electrons. The summed E-state index contributed by atoms with van der Waals surface area (Å²) in [4.78, 5) is 0. The van der Waals surface area contributed by atoms with Crippen LogP contribution in [0.4, 0.5) is 0 Å². The van der Waals surface area contributed by atoms with Gasteiger partial charge < -0.3 is 4.74 Å². The minimum Gasteiger partial charge on any atom is -0.496 e. The lowest BCUT2D eigenvalue weighted by Crippen LogP contribution is -2.03. The number of halogens is 2. The molecule has 1 fully saturated rings. The van der Waals surface area contributed by atoms with Crippen LogP contribution >= 0.6 is 27.5 Å². The predicted molar refractivity (Wildman–Crippen MR) is 66.9 cm³/mol. The zero-order valence-electron chi connectivity index (χ0n) is 8.67. The largest absolute Gasteiger partial charge is 0.496 e. The van der Waals surface area contributed by atoms with E-state index in [0.29, 0.717) is 11.8 Å². The van der Waals surface area contributed by atoms with Gasteiger partial charge in [0.05, 0.1) is 11.6 Å². The molecule has 1 atom stereocenters. The fourth-order valence-electron chi connectivity index (χ4n) is 1.90. The topological polar surface area (TPSA) is 9.23 Å². The van der Waals surface area contributed by atoms with Gasteiger partial charge in [-0.25, -0.2) is 0 Å². The number of benzene rings is 1. The molecule has 1 aliphatic rings. The van der Waals surface area contributed by atoms with Gasteiger partial charge in [0, 0.05) is 11.8 Å². The van der Waals surface area contributed by atoms with Crippen molar-refractivity contribution in [1.82, 2.24) is 0 Å². The van der Waals surface area contributed by atoms with Crippen molar-refractivity contribution in [2.75, 3.05) is 13.0 Å². The molecule has 1 aromatic rings. The monoisotopic (exact) mass is 288 g/mol. The van der Waals surface area contributed by atoms with Crippen molar-refractivity contribution < 1.29 is 4.74 Å². The second-order valence-corrected chi connectivity index (χ2v) is 5.16. The SMILES string of the molecule is COc1ccc(C(CCl)C2CC2)cc1Br. The quantitative estimate of drug-likeness (QED) is 0.755. The number of rotatable bonds is 4. The number of methoxy groups -OCH3 is 1. The minimum absolute atomic E-state index is 0.508. The maximum atomic E-state index is 6.02. The number of ether oxygens (including phenoxy) is 1. The van der Waals surface area contributed by atoms with Crippen molar-refractivity contribution in [3.63, 3.8) is 0 Å². The van der Waals surface area contributed by atoms with Crippen LogP contribution in [0.2, 0.25) is 0 Å². The maximum Gasteiger partial charge on any atom is 0.133 e. The van der Waals surface area contributed by atoms with Gasteiger partial charge in [-0.3, -0.25) is 0 Å². The molecule has 1 nitrogen and oxygen atoms in total. The van der Waals surface area contributed by atoms with Crippen molar-refractivity contribution in [3.8, 4) is 5.75 Å². The smallest absolute Gasteiger partial charge is 0.133 e. The summed E-state index contributed by atoms with van der Waals surface area (Å²) < 4.78 is 6.22. The van der Waals surface area contributed by atoms with Crippen LogP contribution in [0.5, 0.6) is 5.75 Å². The van der Waals surface area contributed by atoms with Crippen molar-refractivity contribution in [1.29, 1.82) is 0 Å². The highest BCUT2D eigenvalue weighted by Crippen LogP contribution is 2.44. The summed E-state index contributed by atoms with van der Waals surface area (Å²) in [6.45, 7) is 0. The molecular formula is C12H14BrClO. The first-order valence-corrected chi connectivity index (χ1v) is 6.48. The molecule has 3 heteroatoms. The van der Waals surface area contributed by atoms with E-state index in [0.717, 1.165) is 16.1 Å². The van der Waals surface area contributed by atoms with E-state index >= 15 is 0 Å². The highest BCUT2D eigenvalue weighted by molar-refractivity contribution is 9.10. The molecule has 2 rings (SSSR count). The van der Waals surface area contributed by atoms with E-state index in [9.17, 15) is 0 Å². The lowest BCUT2D eigenvalue weighted by molar-refractivity contribution is 0.412. The first-order chi connectivity index (χ1) is 7.26. The summed E-state index contributed by atoms with van der Waals surface area (Å²) in [5.74, 6) is 2.89. The number of hydrogen-bond donors (Lipinski definition) is 0. The molecule has 0 amide bonds. The van der Waals surface area contributed by atoms with Crippen molar-refractivity contribution in [2.45, 2.75) is 18.8 Å². The molecule has 0 radical (unpaired) electrons. The number of hydrogen-bond acceptors (Lipinski definition) is 1. The Morgan fingerprint density at radius 1 is 1.53 bits per heavy atom. The van der Waals surface area contributed by atoms with Crippen molar-refractivity contribution in [3.05, 3.63) is 28.2 Å². The predicted octanol–water partition coefficient (Wildman–Crippen LogP) is 4.19. The first-order valence-electron chi connectivity index (χ1n) is 5.15. The second-order valence-electron chi connectivity index (χ2n) is 3.99. The van der Waals surface area contributed by atoms with Crippen LogP contribution < -0.4 is 4.74 Å². The summed E-state index contributed by atoms with van der Waals surface area (Å²) in [6.07, 6.45) is 2.64. The number of alkyl halides is 1. The summed E-state index contributed by atoms with van der Waals surface area (Å²) in [5, 5.41) is 0. The molecular weight excluding hydrogens is 275 g/mol. The van der Waals surface area contributed by atoms with Crippen LogP contribution in [-0.4, -0.2) is 13.0 Å². The lowest BCUT2D eigenvalue weighted by atomic mass is 9.96. The van der Waals surface area contributed by atoms with Crippen LogP contribution in [0.25, 0.3) is 0 Å². The van der Waals surface area contributed by atoms with Gasteiger partial charge in [0.15, 0.2) is 0 Å². The van der Waals surface area contributed by atoms with Crippen LogP contribution in [-0.2, 0) is 0 Å². The molecule has 1 saturated carbocycles. The molecule has 1 unspecified atom stereocenters. The fourth-order valence-corrected chi connectivity index (χ4v) is 2.89. The Kier molecular flexibility index (Phi) is 3.57. The molecule has 0 aromatic heterocycles. The van der Waals surface area contributed by atoms with Crippen molar-refractivity contribution in [2.24, 2.45) is 5.92 Å². The molecule has 0 heterocycles. The Morgan fingerprint density at radius 3 is 2.73 bits per heavy atom. The van der Waals surface area contributed by atoms with E-state index in [-0.39, 0.29) is 0 Å². The minimum atomic E-state index is 0.508. The van der Waals surface area contributed by atoms with Gasteiger partial charge in [0.2, 0.25) is 0 Å². The zero-order valence-corrected chi connectivity index (χ0v) is 11.0. The summed E-state index contributed by atoms with van der Waals surface area (Å²) >= 11 is 9.52. The highest BCUT2D eigenvalue weighted by Gasteiger charge is 2.31. The van der Waals surface area contributed by atoms with E-state index < -0.39 is 0 Å². The van der Waals surface area contributed by atoms with E-state index in [1.807, 2.05) is 6.07 Å². The molecule has 0 spiro atoms. The van der Waals surface area contributed by atoms with Crippen LogP contribution in [0.3, 0.4) is 0 Å². The fraction of sp³-hybridized carbons (Fsp3) is 0.500. The molecule has 0 bridgehead atoms. The van der Waals surface area contributed by atoms with E-state index in [1.165, 1.54) is 18.4 Å². The summed E-state index contributed by atoms with van der Waals surface area (Å²) in [7, 11) is 1.68. The molecule has 1 aliphatic carbocycles. The second kappa shape index (κ2) is 4.75. The highest BCUT2D eigenvalue weighted by atomic mass is 79.9. The van der Waals surface area contributed by atoms with Gasteiger partial charge in [0.25, 0.3) is 0 Å². The Hall–Kier alpha value is -0.210. The van der Waals surface area contributed by atoms with Gasteiger partial charge in [0.1, 0.15) is 5.75 Å². The first kappa shape index (κ1) is 11.3.